The molecule has 0 radical (unpaired) electrons. The lowest BCUT2D eigenvalue weighted by molar-refractivity contribution is -0.293. The number of ether oxygens (including phenoxy) is 4. The third-order valence-corrected chi connectivity index (χ3v) is 15.4. The van der Waals surface area contributed by atoms with Crippen molar-refractivity contribution < 1.29 is 23.4 Å². The predicted molar refractivity (Wildman–Crippen MR) is 197 cm³/mol. The van der Waals surface area contributed by atoms with E-state index in [0.717, 1.165) is 58.2 Å². The van der Waals surface area contributed by atoms with Gasteiger partial charge >= 0.3 is 0 Å². The molecule has 262 valence electrons. The minimum absolute atomic E-state index is 0.0156. The van der Waals surface area contributed by atoms with Crippen molar-refractivity contribution >= 4 is 18.7 Å². The van der Waals surface area contributed by atoms with Gasteiger partial charge in [-0.1, -0.05) is 108 Å². The smallest absolute Gasteiger partial charge is 0.261 e. The largest absolute Gasteiger partial charge is 0.405 e. The maximum absolute atomic E-state index is 7.37. The first-order chi connectivity index (χ1) is 22.1. The Labute approximate surface area is 287 Å². The van der Waals surface area contributed by atoms with Crippen molar-refractivity contribution in [2.75, 3.05) is 13.2 Å². The standard InChI is InChI=1S/C41H64O5Si/c1-31(38(44-37-26-17-18-28-42-37)32(2)30-40(7,8)36-27-29-43-41(9,10)45-36)20-19-21-33(3)46-47(39(4,5)6,34-22-13-11-14-23-34)35-24-15-12-16-25-35/h11-16,20,22-25,32-33,36-38H,17-19,21,26-30H2,1-10H3/b31-20+/t32?,33?,36-,37?,38-/m0/s1. The van der Waals surface area contributed by atoms with Crippen molar-refractivity contribution in [1.82, 2.24) is 0 Å². The molecule has 0 amide bonds. The van der Waals surface area contributed by atoms with Gasteiger partial charge in [0.15, 0.2) is 12.1 Å². The highest BCUT2D eigenvalue weighted by molar-refractivity contribution is 6.99. The number of hydrogen-bond donors (Lipinski definition) is 0. The van der Waals surface area contributed by atoms with Crippen molar-refractivity contribution in [3.05, 3.63) is 72.3 Å². The third kappa shape index (κ3) is 9.89. The molecule has 4 rings (SSSR count). The summed E-state index contributed by atoms with van der Waals surface area (Å²) in [4.78, 5) is 0. The van der Waals surface area contributed by atoms with Crippen LogP contribution in [0.1, 0.15) is 114 Å². The fourth-order valence-electron chi connectivity index (χ4n) is 7.85. The molecule has 0 aromatic heterocycles. The van der Waals surface area contributed by atoms with E-state index in [1.807, 2.05) is 13.8 Å². The van der Waals surface area contributed by atoms with Gasteiger partial charge in [-0.15, -0.1) is 0 Å². The second-order valence-electron chi connectivity index (χ2n) is 16.3. The van der Waals surface area contributed by atoms with Gasteiger partial charge in [-0.3, -0.25) is 0 Å². The summed E-state index contributed by atoms with van der Waals surface area (Å²) in [5, 5.41) is 2.61. The van der Waals surface area contributed by atoms with Crippen molar-refractivity contribution in [1.29, 1.82) is 0 Å². The topological polar surface area (TPSA) is 46.2 Å². The van der Waals surface area contributed by atoms with E-state index in [4.69, 9.17) is 23.4 Å². The lowest BCUT2D eigenvalue weighted by atomic mass is 9.74. The van der Waals surface area contributed by atoms with Crippen LogP contribution in [0, 0.1) is 11.3 Å². The maximum atomic E-state index is 7.37. The second-order valence-corrected chi connectivity index (χ2v) is 20.5. The van der Waals surface area contributed by atoms with E-state index in [0.29, 0.717) is 5.92 Å². The Kier molecular flexibility index (Phi) is 13.2. The molecule has 3 unspecified atom stereocenters. The van der Waals surface area contributed by atoms with Crippen molar-refractivity contribution in [2.45, 2.75) is 150 Å². The van der Waals surface area contributed by atoms with Crippen LogP contribution in [0.3, 0.4) is 0 Å². The van der Waals surface area contributed by atoms with E-state index in [1.54, 1.807) is 0 Å². The van der Waals surface area contributed by atoms with E-state index >= 15 is 0 Å². The molecule has 2 aliphatic rings. The number of benzene rings is 2. The summed E-state index contributed by atoms with van der Waals surface area (Å²) in [5.74, 6) is -0.245. The molecule has 5 atom stereocenters. The van der Waals surface area contributed by atoms with Crippen LogP contribution in [-0.2, 0) is 23.4 Å². The van der Waals surface area contributed by atoms with E-state index in [1.165, 1.54) is 15.9 Å². The van der Waals surface area contributed by atoms with Gasteiger partial charge in [0.2, 0.25) is 0 Å². The van der Waals surface area contributed by atoms with Crippen molar-refractivity contribution in [3.8, 4) is 0 Å². The molecule has 0 spiro atoms. The van der Waals surface area contributed by atoms with Gasteiger partial charge in [0, 0.05) is 12.7 Å². The quantitative estimate of drug-likeness (QED) is 0.149. The van der Waals surface area contributed by atoms with Crippen LogP contribution in [0.4, 0.5) is 0 Å². The molecule has 2 fully saturated rings. The molecule has 2 aliphatic heterocycles. The van der Waals surface area contributed by atoms with Crippen LogP contribution in [0.2, 0.25) is 5.04 Å². The predicted octanol–water partition coefficient (Wildman–Crippen LogP) is 9.18. The monoisotopic (exact) mass is 664 g/mol. The average Bonchev–Trinajstić information content (AvgIpc) is 3.02. The SMILES string of the molecule is C/C(=C\CCC(C)O[Si](c1ccccc1)(c1ccccc1)C(C)(C)C)[C@H](OC1CCCCO1)C(C)CC(C)(C)[C@@H]1CCOC(C)(C)O1. The zero-order valence-corrected chi connectivity index (χ0v) is 32.1. The minimum Gasteiger partial charge on any atom is -0.405 e. The van der Waals surface area contributed by atoms with Gasteiger partial charge in [-0.25, -0.2) is 0 Å². The Morgan fingerprint density at radius 2 is 1.53 bits per heavy atom. The van der Waals surface area contributed by atoms with Crippen LogP contribution in [-0.4, -0.2) is 51.9 Å². The highest BCUT2D eigenvalue weighted by atomic mass is 28.4. The molecule has 0 bridgehead atoms. The summed E-state index contributed by atoms with van der Waals surface area (Å²) in [6, 6.07) is 21.9. The molecule has 2 saturated heterocycles. The van der Waals surface area contributed by atoms with Crippen molar-refractivity contribution in [3.63, 3.8) is 0 Å². The zero-order valence-electron chi connectivity index (χ0n) is 31.1. The molecule has 5 nitrogen and oxygen atoms in total. The second kappa shape index (κ2) is 16.3. The van der Waals surface area contributed by atoms with Crippen LogP contribution < -0.4 is 10.4 Å². The molecule has 0 saturated carbocycles. The fourth-order valence-corrected chi connectivity index (χ4v) is 12.6. The molecular formula is C41H64O5Si. The van der Waals surface area contributed by atoms with Crippen LogP contribution >= 0.6 is 0 Å². The lowest BCUT2D eigenvalue weighted by Crippen LogP contribution is -2.67. The Morgan fingerprint density at radius 1 is 0.915 bits per heavy atom. The number of rotatable bonds is 14. The van der Waals surface area contributed by atoms with Gasteiger partial charge in [0.05, 0.1) is 18.8 Å². The molecular weight excluding hydrogens is 601 g/mol. The van der Waals surface area contributed by atoms with Gasteiger partial charge in [0.1, 0.15) is 0 Å². The lowest BCUT2D eigenvalue weighted by Gasteiger charge is -2.45. The summed E-state index contributed by atoms with van der Waals surface area (Å²) in [7, 11) is -2.60. The number of hydrogen-bond acceptors (Lipinski definition) is 5. The van der Waals surface area contributed by atoms with E-state index in [-0.39, 0.29) is 35.1 Å². The summed E-state index contributed by atoms with van der Waals surface area (Å²) < 4.78 is 32.6. The highest BCUT2D eigenvalue weighted by Gasteiger charge is 2.51. The molecule has 0 N–H and O–H groups in total. The Bertz CT molecular complexity index is 1210. The third-order valence-electron chi connectivity index (χ3n) is 10.2. The summed E-state index contributed by atoms with van der Waals surface area (Å²) in [5.41, 5.74) is 1.27. The average molecular weight is 665 g/mol. The molecule has 47 heavy (non-hydrogen) atoms. The number of allylic oxidation sites excluding steroid dienone is 1. The zero-order chi connectivity index (χ0) is 34.3. The first-order valence-corrected chi connectivity index (χ1v) is 20.1. The molecule has 6 heteroatoms. The Balaban J connectivity index is 1.51. The van der Waals surface area contributed by atoms with Gasteiger partial charge in [-0.05, 0) is 105 Å². The van der Waals surface area contributed by atoms with Crippen LogP contribution in [0.25, 0.3) is 0 Å². The first kappa shape index (κ1) is 38.0. The fraction of sp³-hybridized carbons (Fsp3) is 0.659. The minimum atomic E-state index is -2.60. The van der Waals surface area contributed by atoms with Gasteiger partial charge in [-0.2, -0.15) is 0 Å². The molecule has 0 aliphatic carbocycles. The summed E-state index contributed by atoms with van der Waals surface area (Å²) in [6.45, 7) is 24.1. The summed E-state index contributed by atoms with van der Waals surface area (Å²) >= 11 is 0. The van der Waals surface area contributed by atoms with Crippen molar-refractivity contribution in [2.24, 2.45) is 11.3 Å². The van der Waals surface area contributed by atoms with Gasteiger partial charge in [0.25, 0.3) is 8.32 Å². The first-order valence-electron chi connectivity index (χ1n) is 18.2. The van der Waals surface area contributed by atoms with E-state index < -0.39 is 14.1 Å². The molecule has 2 heterocycles. The Hall–Kier alpha value is -1.80. The normalized spacial score (nSPS) is 23.2. The maximum Gasteiger partial charge on any atom is 0.261 e. The van der Waals surface area contributed by atoms with Crippen LogP contribution in [0.5, 0.6) is 0 Å². The van der Waals surface area contributed by atoms with E-state index in [2.05, 4.69) is 122 Å². The molecule has 2 aromatic carbocycles. The van der Waals surface area contributed by atoms with E-state index in [9.17, 15) is 0 Å². The Morgan fingerprint density at radius 3 is 2.06 bits per heavy atom. The van der Waals surface area contributed by atoms with Gasteiger partial charge < -0.3 is 23.4 Å². The van der Waals surface area contributed by atoms with Crippen LogP contribution in [0.15, 0.2) is 72.3 Å². The highest BCUT2D eigenvalue weighted by Crippen LogP contribution is 2.41. The molecule has 2 aromatic rings. The summed E-state index contributed by atoms with van der Waals surface area (Å²) in [6.07, 6.45) is 9.49.